The second-order valence-electron chi connectivity index (χ2n) is 6.58. The van der Waals surface area contributed by atoms with Crippen LogP contribution in [0.15, 0.2) is 48.2 Å². The average molecular weight is 364 g/mol. The molecule has 0 radical (unpaired) electrons. The van der Waals surface area contributed by atoms with E-state index in [9.17, 15) is 9.59 Å². The zero-order chi connectivity index (χ0) is 19.0. The van der Waals surface area contributed by atoms with Crippen molar-refractivity contribution in [2.24, 2.45) is 0 Å². The summed E-state index contributed by atoms with van der Waals surface area (Å²) in [5, 5.41) is 2.77. The highest BCUT2D eigenvalue weighted by Gasteiger charge is 2.40. The first-order chi connectivity index (χ1) is 13.1. The molecule has 2 amide bonds. The molecule has 1 fully saturated rings. The van der Waals surface area contributed by atoms with Gasteiger partial charge in [-0.1, -0.05) is 24.3 Å². The van der Waals surface area contributed by atoms with Gasteiger partial charge in [-0.15, -0.1) is 0 Å². The van der Waals surface area contributed by atoms with Crippen molar-refractivity contribution in [2.45, 2.75) is 19.0 Å². The first kappa shape index (κ1) is 17.1. The Balaban J connectivity index is 1.68. The Morgan fingerprint density at radius 2 is 1.85 bits per heavy atom. The molecule has 2 aliphatic rings. The van der Waals surface area contributed by atoms with Gasteiger partial charge in [-0.3, -0.25) is 9.59 Å². The molecule has 1 saturated heterocycles. The highest BCUT2D eigenvalue weighted by atomic mass is 16.5. The fourth-order valence-corrected chi connectivity index (χ4v) is 3.59. The maximum Gasteiger partial charge on any atom is 0.271 e. The van der Waals surface area contributed by atoms with Gasteiger partial charge in [0.15, 0.2) is 0 Å². The van der Waals surface area contributed by atoms with E-state index in [1.807, 2.05) is 24.3 Å². The van der Waals surface area contributed by atoms with Gasteiger partial charge >= 0.3 is 0 Å². The van der Waals surface area contributed by atoms with Crippen LogP contribution < -0.4 is 14.8 Å². The van der Waals surface area contributed by atoms with Crippen molar-refractivity contribution in [2.75, 3.05) is 14.2 Å². The number of fused-ring (bicyclic) bond motifs is 2. The summed E-state index contributed by atoms with van der Waals surface area (Å²) in [7, 11) is 3.13. The van der Waals surface area contributed by atoms with Crippen LogP contribution in [-0.4, -0.2) is 37.0 Å². The molecule has 0 bridgehead atoms. The second-order valence-corrected chi connectivity index (χ2v) is 6.58. The first-order valence-electron chi connectivity index (χ1n) is 8.73. The van der Waals surface area contributed by atoms with E-state index in [1.54, 1.807) is 43.4 Å². The predicted molar refractivity (Wildman–Crippen MR) is 100 cm³/mol. The van der Waals surface area contributed by atoms with Crippen molar-refractivity contribution in [3.05, 3.63) is 64.9 Å². The number of rotatable bonds is 3. The van der Waals surface area contributed by atoms with Gasteiger partial charge in [-0.25, -0.2) is 0 Å². The number of piperazine rings is 1. The van der Waals surface area contributed by atoms with Crippen LogP contribution in [0.4, 0.5) is 0 Å². The molecule has 2 aliphatic heterocycles. The van der Waals surface area contributed by atoms with Crippen molar-refractivity contribution in [3.8, 4) is 11.5 Å². The lowest BCUT2D eigenvalue weighted by atomic mass is 9.91. The molecule has 0 unspecified atom stereocenters. The smallest absolute Gasteiger partial charge is 0.271 e. The molecular formula is C21H20N2O4. The van der Waals surface area contributed by atoms with E-state index >= 15 is 0 Å². The molecule has 0 saturated carbocycles. The molecule has 0 aromatic heterocycles. The standard InChI is InChI=1S/C21H20N2O4/c1-26-16-8-7-14(19(11-16)27-2)9-17-21(25)23-12-15-6-4-3-5-13(15)10-18(23)20(24)22-17/h3-9,11,18H,10,12H2,1-2H3,(H,22,24)/b17-9+/t18-/m0/s1. The average Bonchev–Trinajstić information content (AvgIpc) is 2.71. The van der Waals surface area contributed by atoms with E-state index in [4.69, 9.17) is 9.47 Å². The SMILES string of the molecule is COc1ccc(/C=C2/NC(=O)[C@@H]3Cc4ccccc4CN3C2=O)c(OC)c1. The molecule has 2 heterocycles. The van der Waals surface area contributed by atoms with Gasteiger partial charge in [-0.05, 0) is 29.3 Å². The minimum Gasteiger partial charge on any atom is -0.497 e. The van der Waals surface area contributed by atoms with Gasteiger partial charge in [0.2, 0.25) is 5.91 Å². The fraction of sp³-hybridized carbons (Fsp3) is 0.238. The molecule has 6 nitrogen and oxygen atoms in total. The summed E-state index contributed by atoms with van der Waals surface area (Å²) in [5.74, 6) is 0.866. The topological polar surface area (TPSA) is 67.9 Å². The molecule has 1 atom stereocenters. The number of nitrogens with one attached hydrogen (secondary N) is 1. The number of amides is 2. The third-order valence-electron chi connectivity index (χ3n) is 5.04. The number of carbonyl (C=O) groups excluding carboxylic acids is 2. The lowest BCUT2D eigenvalue weighted by Gasteiger charge is -2.40. The Morgan fingerprint density at radius 1 is 1.07 bits per heavy atom. The third-order valence-corrected chi connectivity index (χ3v) is 5.04. The molecule has 2 aromatic rings. The quantitative estimate of drug-likeness (QED) is 0.848. The van der Waals surface area contributed by atoms with Gasteiger partial charge in [0.1, 0.15) is 23.2 Å². The third kappa shape index (κ3) is 3.03. The maximum absolute atomic E-state index is 13.0. The molecular weight excluding hydrogens is 344 g/mol. The monoisotopic (exact) mass is 364 g/mol. The van der Waals surface area contributed by atoms with Crippen molar-refractivity contribution < 1.29 is 19.1 Å². The molecule has 4 rings (SSSR count). The maximum atomic E-state index is 13.0. The summed E-state index contributed by atoms with van der Waals surface area (Å²) in [5.41, 5.74) is 3.14. The summed E-state index contributed by atoms with van der Waals surface area (Å²) in [6, 6.07) is 12.8. The Kier molecular flexibility index (Phi) is 4.32. The lowest BCUT2D eigenvalue weighted by Crippen LogP contribution is -2.58. The second kappa shape index (κ2) is 6.79. The van der Waals surface area contributed by atoms with Crippen LogP contribution in [0.3, 0.4) is 0 Å². The summed E-state index contributed by atoms with van der Waals surface area (Å²) in [4.78, 5) is 27.3. The molecule has 0 aliphatic carbocycles. The van der Waals surface area contributed by atoms with Gasteiger partial charge in [-0.2, -0.15) is 0 Å². The van der Waals surface area contributed by atoms with Crippen molar-refractivity contribution >= 4 is 17.9 Å². The van der Waals surface area contributed by atoms with Crippen LogP contribution in [0.2, 0.25) is 0 Å². The predicted octanol–water partition coefficient (Wildman–Crippen LogP) is 2.13. The van der Waals surface area contributed by atoms with Gasteiger partial charge in [0.25, 0.3) is 5.91 Å². The first-order valence-corrected chi connectivity index (χ1v) is 8.73. The van der Waals surface area contributed by atoms with Crippen molar-refractivity contribution in [1.82, 2.24) is 10.2 Å². The zero-order valence-corrected chi connectivity index (χ0v) is 15.2. The summed E-state index contributed by atoms with van der Waals surface area (Å²) < 4.78 is 10.6. The molecule has 1 N–H and O–H groups in total. The number of nitrogens with zero attached hydrogens (tertiary/aromatic N) is 1. The van der Waals surface area contributed by atoms with E-state index < -0.39 is 6.04 Å². The molecule has 138 valence electrons. The number of benzene rings is 2. The molecule has 0 spiro atoms. The summed E-state index contributed by atoms with van der Waals surface area (Å²) >= 11 is 0. The van der Waals surface area contributed by atoms with Crippen LogP contribution in [0.5, 0.6) is 11.5 Å². The normalized spacial score (nSPS) is 20.0. The lowest BCUT2D eigenvalue weighted by molar-refractivity contribution is -0.143. The van der Waals surface area contributed by atoms with Gasteiger partial charge in [0, 0.05) is 24.6 Å². The van der Waals surface area contributed by atoms with E-state index in [2.05, 4.69) is 5.32 Å². The highest BCUT2D eigenvalue weighted by Crippen LogP contribution is 2.30. The van der Waals surface area contributed by atoms with Crippen LogP contribution in [0.25, 0.3) is 6.08 Å². The Hall–Kier alpha value is -3.28. The van der Waals surface area contributed by atoms with E-state index in [0.29, 0.717) is 30.0 Å². The Labute approximate surface area is 157 Å². The number of ether oxygens (including phenoxy) is 2. The number of carbonyl (C=O) groups is 2. The molecule has 6 heteroatoms. The van der Waals surface area contributed by atoms with Gasteiger partial charge < -0.3 is 19.7 Å². The minimum atomic E-state index is -0.470. The van der Waals surface area contributed by atoms with Crippen LogP contribution in [0, 0.1) is 0 Å². The number of hydrogen-bond acceptors (Lipinski definition) is 4. The molecule has 27 heavy (non-hydrogen) atoms. The van der Waals surface area contributed by atoms with Crippen molar-refractivity contribution in [1.29, 1.82) is 0 Å². The van der Waals surface area contributed by atoms with E-state index in [0.717, 1.165) is 11.1 Å². The van der Waals surface area contributed by atoms with Gasteiger partial charge in [0.05, 0.1) is 14.2 Å². The Bertz CT molecular complexity index is 951. The fourth-order valence-electron chi connectivity index (χ4n) is 3.59. The van der Waals surface area contributed by atoms with Crippen molar-refractivity contribution in [3.63, 3.8) is 0 Å². The van der Waals surface area contributed by atoms with Crippen LogP contribution in [0.1, 0.15) is 16.7 Å². The van der Waals surface area contributed by atoms with E-state index in [-0.39, 0.29) is 17.5 Å². The van der Waals surface area contributed by atoms with E-state index in [1.165, 1.54) is 0 Å². The molecule has 2 aromatic carbocycles. The number of hydrogen-bond donors (Lipinski definition) is 1. The largest absolute Gasteiger partial charge is 0.497 e. The number of methoxy groups -OCH3 is 2. The summed E-state index contributed by atoms with van der Waals surface area (Å²) in [6.07, 6.45) is 2.18. The Morgan fingerprint density at radius 3 is 2.59 bits per heavy atom. The van der Waals surface area contributed by atoms with Crippen LogP contribution >= 0.6 is 0 Å². The highest BCUT2D eigenvalue weighted by molar-refractivity contribution is 6.07. The minimum absolute atomic E-state index is 0.164. The summed E-state index contributed by atoms with van der Waals surface area (Å²) in [6.45, 7) is 0.435. The van der Waals surface area contributed by atoms with Crippen LogP contribution in [-0.2, 0) is 22.6 Å². The zero-order valence-electron chi connectivity index (χ0n) is 15.2.